The van der Waals surface area contributed by atoms with E-state index in [0.29, 0.717) is 11.3 Å². The Bertz CT molecular complexity index is 818. The van der Waals surface area contributed by atoms with Gasteiger partial charge in [-0.3, -0.25) is 4.98 Å². The molecule has 0 atom stereocenters. The van der Waals surface area contributed by atoms with Gasteiger partial charge in [-0.05, 0) is 24.3 Å². The zero-order chi connectivity index (χ0) is 16.4. The molecular weight excluding hydrogens is 327 g/mol. The highest BCUT2D eigenvalue weighted by atomic mass is 35.5. The van der Waals surface area contributed by atoms with Gasteiger partial charge >= 0.3 is 6.18 Å². The predicted octanol–water partition coefficient (Wildman–Crippen LogP) is 4.88. The summed E-state index contributed by atoms with van der Waals surface area (Å²) in [5.74, 6) is 0.255. The summed E-state index contributed by atoms with van der Waals surface area (Å²) >= 11 is 6.00. The number of hydrogen-bond donors (Lipinski definition) is 0. The number of alkyl halides is 3. The number of benzene rings is 1. The highest BCUT2D eigenvalue weighted by Crippen LogP contribution is 2.31. The molecule has 2 aromatic heterocycles. The Balaban J connectivity index is 2.02. The number of rotatable bonds is 2. The van der Waals surface area contributed by atoms with E-state index >= 15 is 0 Å². The Morgan fingerprint density at radius 3 is 2.26 bits per heavy atom. The molecule has 0 amide bonds. The van der Waals surface area contributed by atoms with E-state index in [9.17, 15) is 13.2 Å². The van der Waals surface area contributed by atoms with Crippen LogP contribution in [0.5, 0.6) is 0 Å². The molecule has 0 radical (unpaired) electrons. The van der Waals surface area contributed by atoms with Crippen molar-refractivity contribution in [3.05, 3.63) is 65.6 Å². The second-order valence-corrected chi connectivity index (χ2v) is 5.10. The quantitative estimate of drug-likeness (QED) is 0.627. The number of pyridine rings is 1. The fourth-order valence-electron chi connectivity index (χ4n) is 2.02. The van der Waals surface area contributed by atoms with Crippen LogP contribution in [0.15, 0.2) is 54.9 Å². The van der Waals surface area contributed by atoms with E-state index in [-0.39, 0.29) is 11.0 Å². The van der Waals surface area contributed by atoms with Crippen LogP contribution in [0.3, 0.4) is 0 Å². The summed E-state index contributed by atoms with van der Waals surface area (Å²) in [7, 11) is 0. The first-order chi connectivity index (χ1) is 10.9. The second kappa shape index (κ2) is 5.96. The Kier molecular flexibility index (Phi) is 4.00. The van der Waals surface area contributed by atoms with Gasteiger partial charge in [0.2, 0.25) is 0 Å². The fraction of sp³-hybridized carbons (Fsp3) is 0.0625. The van der Waals surface area contributed by atoms with Crippen LogP contribution in [0.1, 0.15) is 5.56 Å². The van der Waals surface area contributed by atoms with Crippen LogP contribution in [-0.2, 0) is 6.18 Å². The Morgan fingerprint density at radius 2 is 1.65 bits per heavy atom. The van der Waals surface area contributed by atoms with Crippen LogP contribution < -0.4 is 0 Å². The molecule has 0 saturated carbocycles. The lowest BCUT2D eigenvalue weighted by Crippen LogP contribution is -2.04. The van der Waals surface area contributed by atoms with Crippen molar-refractivity contribution in [2.75, 3.05) is 0 Å². The molecule has 0 fully saturated rings. The van der Waals surface area contributed by atoms with Crippen LogP contribution in [0.25, 0.3) is 22.6 Å². The van der Waals surface area contributed by atoms with Gasteiger partial charge in [-0.2, -0.15) is 13.2 Å². The minimum absolute atomic E-state index is 0.203. The van der Waals surface area contributed by atoms with E-state index in [1.165, 1.54) is 12.1 Å². The Hall–Kier alpha value is -2.47. The average molecular weight is 336 g/mol. The average Bonchev–Trinajstić information content (AvgIpc) is 2.54. The third-order valence-electron chi connectivity index (χ3n) is 3.12. The van der Waals surface area contributed by atoms with Gasteiger partial charge in [0.05, 0.1) is 11.3 Å². The smallest absolute Gasteiger partial charge is 0.264 e. The number of hydrogen-bond acceptors (Lipinski definition) is 3. The fourth-order valence-corrected chi connectivity index (χ4v) is 2.20. The van der Waals surface area contributed by atoms with Crippen molar-refractivity contribution >= 4 is 11.6 Å². The summed E-state index contributed by atoms with van der Waals surface area (Å²) in [5, 5.41) is 0.203. The van der Waals surface area contributed by atoms with E-state index in [0.717, 1.165) is 17.7 Å². The monoisotopic (exact) mass is 335 g/mol. The molecule has 0 unspecified atom stereocenters. The molecule has 0 aliphatic rings. The third-order valence-corrected chi connectivity index (χ3v) is 3.32. The molecular formula is C16H9ClF3N3. The molecule has 0 saturated heterocycles. The highest BCUT2D eigenvalue weighted by Gasteiger charge is 2.30. The molecule has 0 bridgehead atoms. The van der Waals surface area contributed by atoms with Crippen molar-refractivity contribution < 1.29 is 13.2 Å². The lowest BCUT2D eigenvalue weighted by molar-refractivity contribution is -0.137. The molecule has 0 spiro atoms. The minimum Gasteiger partial charge on any atom is -0.264 e. The lowest BCUT2D eigenvalue weighted by atomic mass is 10.1. The zero-order valence-corrected chi connectivity index (χ0v) is 12.3. The zero-order valence-electron chi connectivity index (χ0n) is 11.5. The van der Waals surface area contributed by atoms with Crippen molar-refractivity contribution in [1.82, 2.24) is 15.0 Å². The summed E-state index contributed by atoms with van der Waals surface area (Å²) in [6.07, 6.45) is -1.13. The molecule has 3 nitrogen and oxygen atoms in total. The lowest BCUT2D eigenvalue weighted by Gasteiger charge is -2.08. The maximum atomic E-state index is 12.6. The van der Waals surface area contributed by atoms with Gasteiger partial charge < -0.3 is 0 Å². The largest absolute Gasteiger partial charge is 0.416 e. The summed E-state index contributed by atoms with van der Waals surface area (Å²) in [6, 6.07) is 9.76. The third kappa shape index (κ3) is 3.48. The maximum absolute atomic E-state index is 12.6. The van der Waals surface area contributed by atoms with Gasteiger partial charge in [0, 0.05) is 29.6 Å². The predicted molar refractivity (Wildman–Crippen MR) is 80.7 cm³/mol. The summed E-state index contributed by atoms with van der Waals surface area (Å²) in [6.45, 7) is 0. The molecule has 3 aromatic rings. The van der Waals surface area contributed by atoms with Gasteiger partial charge in [-0.15, -0.1) is 0 Å². The minimum atomic E-state index is -4.38. The molecule has 23 heavy (non-hydrogen) atoms. The Morgan fingerprint density at radius 1 is 0.913 bits per heavy atom. The SMILES string of the molecule is FC(F)(F)c1ccc(-c2nc(Cl)cc(-c3cccnc3)n2)cc1. The van der Waals surface area contributed by atoms with E-state index < -0.39 is 11.7 Å². The number of aromatic nitrogens is 3. The summed E-state index contributed by atoms with van der Waals surface area (Å²) in [4.78, 5) is 12.4. The van der Waals surface area contributed by atoms with E-state index in [4.69, 9.17) is 11.6 Å². The first-order valence-electron chi connectivity index (χ1n) is 6.56. The van der Waals surface area contributed by atoms with Crippen LogP contribution in [0.4, 0.5) is 13.2 Å². The van der Waals surface area contributed by atoms with Crippen LogP contribution in [0.2, 0.25) is 5.15 Å². The number of nitrogens with zero attached hydrogens (tertiary/aromatic N) is 3. The maximum Gasteiger partial charge on any atom is 0.416 e. The topological polar surface area (TPSA) is 38.7 Å². The summed E-state index contributed by atoms with van der Waals surface area (Å²) < 4.78 is 37.8. The molecule has 2 heterocycles. The van der Waals surface area contributed by atoms with E-state index in [1.54, 1.807) is 24.5 Å². The van der Waals surface area contributed by atoms with E-state index in [1.807, 2.05) is 6.07 Å². The number of halogens is 4. The molecule has 116 valence electrons. The van der Waals surface area contributed by atoms with Crippen molar-refractivity contribution in [3.8, 4) is 22.6 Å². The van der Waals surface area contributed by atoms with Crippen molar-refractivity contribution in [2.45, 2.75) is 6.18 Å². The Labute approximate surface area is 134 Å². The standard InChI is InChI=1S/C16H9ClF3N3/c17-14-8-13(11-2-1-7-21-9-11)22-15(23-14)10-3-5-12(6-4-10)16(18,19)20/h1-9H. The molecule has 3 rings (SSSR count). The molecule has 1 aromatic carbocycles. The first-order valence-corrected chi connectivity index (χ1v) is 6.94. The van der Waals surface area contributed by atoms with Gasteiger partial charge in [-0.1, -0.05) is 23.7 Å². The molecule has 0 aliphatic carbocycles. The van der Waals surface area contributed by atoms with Crippen LogP contribution >= 0.6 is 11.6 Å². The second-order valence-electron chi connectivity index (χ2n) is 4.72. The van der Waals surface area contributed by atoms with Crippen LogP contribution in [0, 0.1) is 0 Å². The van der Waals surface area contributed by atoms with Crippen molar-refractivity contribution in [2.24, 2.45) is 0 Å². The molecule has 7 heteroatoms. The normalized spacial score (nSPS) is 11.5. The van der Waals surface area contributed by atoms with Crippen molar-refractivity contribution in [1.29, 1.82) is 0 Å². The first kappa shape index (κ1) is 15.4. The van der Waals surface area contributed by atoms with Crippen LogP contribution in [-0.4, -0.2) is 15.0 Å². The van der Waals surface area contributed by atoms with Crippen molar-refractivity contribution in [3.63, 3.8) is 0 Å². The van der Waals surface area contributed by atoms with Gasteiger partial charge in [-0.25, -0.2) is 9.97 Å². The van der Waals surface area contributed by atoms with Gasteiger partial charge in [0.1, 0.15) is 5.15 Å². The summed E-state index contributed by atoms with van der Waals surface area (Å²) in [5.41, 5.74) is 1.01. The highest BCUT2D eigenvalue weighted by molar-refractivity contribution is 6.29. The van der Waals surface area contributed by atoms with Gasteiger partial charge in [0.15, 0.2) is 5.82 Å². The molecule has 0 N–H and O–H groups in total. The van der Waals surface area contributed by atoms with E-state index in [2.05, 4.69) is 15.0 Å². The molecule has 0 aliphatic heterocycles. The van der Waals surface area contributed by atoms with Gasteiger partial charge in [0.25, 0.3) is 0 Å².